The Bertz CT molecular complexity index is 984. The van der Waals surface area contributed by atoms with Crippen LogP contribution in [0, 0.1) is 5.41 Å². The fraction of sp³-hybridized carbons (Fsp3) is 0.211. The maximum absolute atomic E-state index is 11.5. The Morgan fingerprint density at radius 1 is 1.04 bits per heavy atom. The van der Waals surface area contributed by atoms with Crippen molar-refractivity contribution in [3.05, 3.63) is 66.0 Å². The van der Waals surface area contributed by atoms with Crippen LogP contribution >= 0.6 is 0 Å². The van der Waals surface area contributed by atoms with Crippen molar-refractivity contribution in [3.63, 3.8) is 0 Å². The molecular formula is C19H18N2O3S. The van der Waals surface area contributed by atoms with Gasteiger partial charge < -0.3 is 4.74 Å². The second kappa shape index (κ2) is 5.54. The van der Waals surface area contributed by atoms with Crippen LogP contribution in [0.4, 0.5) is 0 Å². The number of allylic oxidation sites excluding steroid dienone is 4. The van der Waals surface area contributed by atoms with E-state index in [1.54, 1.807) is 37.6 Å². The summed E-state index contributed by atoms with van der Waals surface area (Å²) in [6.07, 6.45) is 8.50. The first-order chi connectivity index (χ1) is 11.9. The number of rotatable bonds is 4. The van der Waals surface area contributed by atoms with Crippen LogP contribution in [0.15, 0.2) is 59.6 Å². The van der Waals surface area contributed by atoms with Crippen molar-refractivity contribution in [2.75, 3.05) is 7.11 Å². The maximum Gasteiger partial charge on any atom is 0.238 e. The lowest BCUT2D eigenvalue weighted by atomic mass is 9.98. The predicted octanol–water partition coefficient (Wildman–Crippen LogP) is 3.00. The number of nitrogens with two attached hydrogens (primary N) is 1. The minimum atomic E-state index is -3.69. The molecule has 1 spiro atoms. The normalized spacial score (nSPS) is 18.0. The molecule has 0 aliphatic heterocycles. The molecule has 2 aliphatic rings. The number of aromatic nitrogens is 1. The third-order valence-corrected chi connectivity index (χ3v) is 5.65. The van der Waals surface area contributed by atoms with Crippen LogP contribution in [0.3, 0.4) is 0 Å². The third-order valence-electron chi connectivity index (χ3n) is 4.72. The highest BCUT2D eigenvalue weighted by Gasteiger charge is 2.43. The lowest BCUT2D eigenvalue weighted by Crippen LogP contribution is -2.11. The summed E-state index contributed by atoms with van der Waals surface area (Å²) in [5.74, 6) is 0.714. The van der Waals surface area contributed by atoms with Crippen molar-refractivity contribution in [3.8, 4) is 5.75 Å². The zero-order valence-electron chi connectivity index (χ0n) is 13.8. The summed E-state index contributed by atoms with van der Waals surface area (Å²) >= 11 is 0. The molecular weight excluding hydrogens is 336 g/mol. The van der Waals surface area contributed by atoms with Gasteiger partial charge in [-0.15, -0.1) is 0 Å². The van der Waals surface area contributed by atoms with Gasteiger partial charge in [0.2, 0.25) is 10.0 Å². The summed E-state index contributed by atoms with van der Waals surface area (Å²) in [5, 5.41) is 5.18. The van der Waals surface area contributed by atoms with Gasteiger partial charge in [-0.2, -0.15) is 0 Å². The summed E-state index contributed by atoms with van der Waals surface area (Å²) < 4.78 is 28.1. The van der Waals surface area contributed by atoms with Crippen molar-refractivity contribution < 1.29 is 13.2 Å². The van der Waals surface area contributed by atoms with Gasteiger partial charge in [0, 0.05) is 11.0 Å². The molecule has 2 aliphatic carbocycles. The highest BCUT2D eigenvalue weighted by atomic mass is 32.2. The highest BCUT2D eigenvalue weighted by molar-refractivity contribution is 7.89. The van der Waals surface area contributed by atoms with Gasteiger partial charge in [-0.1, -0.05) is 24.3 Å². The van der Waals surface area contributed by atoms with E-state index in [4.69, 9.17) is 9.88 Å². The molecule has 5 nitrogen and oxygen atoms in total. The van der Waals surface area contributed by atoms with E-state index >= 15 is 0 Å². The standard InChI is InChI=1S/C19H18N2O3S/c1-24-14-4-7-18(21-12-14)17-11-19(8-9-19)10-16(17)13-2-5-15(6-3-13)25(20,22)23/h2-7,10-12H,8-9H2,1H3,(H2,20,22,23). The Labute approximate surface area is 146 Å². The van der Waals surface area contributed by atoms with Crippen molar-refractivity contribution in [2.24, 2.45) is 10.6 Å². The van der Waals surface area contributed by atoms with Crippen LogP contribution < -0.4 is 9.88 Å². The molecule has 0 atom stereocenters. The molecule has 4 rings (SSSR count). The molecule has 0 unspecified atom stereocenters. The van der Waals surface area contributed by atoms with E-state index in [0.29, 0.717) is 5.75 Å². The number of ether oxygens (including phenoxy) is 1. The number of methoxy groups -OCH3 is 1. The van der Waals surface area contributed by atoms with E-state index in [-0.39, 0.29) is 10.3 Å². The quantitative estimate of drug-likeness (QED) is 0.915. The minimum Gasteiger partial charge on any atom is -0.495 e. The summed E-state index contributed by atoms with van der Waals surface area (Å²) in [6.45, 7) is 0. The van der Waals surface area contributed by atoms with Crippen LogP contribution in [-0.2, 0) is 10.0 Å². The minimum absolute atomic E-state index is 0.115. The number of benzene rings is 1. The van der Waals surface area contributed by atoms with Crippen molar-refractivity contribution in [1.29, 1.82) is 0 Å². The molecule has 6 heteroatoms. The summed E-state index contributed by atoms with van der Waals surface area (Å²) in [5.41, 5.74) is 4.12. The van der Waals surface area contributed by atoms with E-state index in [0.717, 1.165) is 35.2 Å². The van der Waals surface area contributed by atoms with Gasteiger partial charge in [-0.05, 0) is 48.2 Å². The first-order valence-electron chi connectivity index (χ1n) is 8.00. The first-order valence-corrected chi connectivity index (χ1v) is 9.55. The van der Waals surface area contributed by atoms with Gasteiger partial charge >= 0.3 is 0 Å². The van der Waals surface area contributed by atoms with Gasteiger partial charge in [0.15, 0.2) is 0 Å². The number of pyridine rings is 1. The van der Waals surface area contributed by atoms with Crippen molar-refractivity contribution in [1.82, 2.24) is 4.98 Å². The molecule has 128 valence electrons. The molecule has 1 aromatic carbocycles. The molecule has 0 saturated heterocycles. The Morgan fingerprint density at radius 2 is 1.72 bits per heavy atom. The molecule has 1 aromatic heterocycles. The molecule has 0 bridgehead atoms. The summed E-state index contributed by atoms with van der Waals surface area (Å²) in [7, 11) is -2.07. The fourth-order valence-electron chi connectivity index (χ4n) is 3.14. The van der Waals surface area contributed by atoms with Crippen LogP contribution in [0.5, 0.6) is 5.75 Å². The van der Waals surface area contributed by atoms with E-state index < -0.39 is 10.0 Å². The van der Waals surface area contributed by atoms with Gasteiger partial charge in [-0.25, -0.2) is 13.6 Å². The van der Waals surface area contributed by atoms with Gasteiger partial charge in [0.25, 0.3) is 0 Å². The topological polar surface area (TPSA) is 82.3 Å². The van der Waals surface area contributed by atoms with Gasteiger partial charge in [-0.3, -0.25) is 4.98 Å². The highest BCUT2D eigenvalue weighted by Crippen LogP contribution is 2.57. The predicted molar refractivity (Wildman–Crippen MR) is 96.2 cm³/mol. The molecule has 1 heterocycles. The zero-order chi connectivity index (χ0) is 17.7. The molecule has 2 N–H and O–H groups in total. The molecule has 1 saturated carbocycles. The van der Waals surface area contributed by atoms with E-state index in [9.17, 15) is 8.42 Å². The van der Waals surface area contributed by atoms with Crippen molar-refractivity contribution >= 4 is 21.2 Å². The molecule has 25 heavy (non-hydrogen) atoms. The lowest BCUT2D eigenvalue weighted by molar-refractivity contribution is 0.413. The number of primary sulfonamides is 1. The molecule has 0 radical (unpaired) electrons. The Balaban J connectivity index is 1.73. The monoisotopic (exact) mass is 354 g/mol. The van der Waals surface area contributed by atoms with Crippen LogP contribution in [0.25, 0.3) is 11.1 Å². The SMILES string of the molecule is COc1ccc(C2=CC3(C=C2c2ccc(S(N)(=O)=O)cc2)CC3)nc1. The average Bonchev–Trinajstić information content (AvgIpc) is 3.25. The van der Waals surface area contributed by atoms with Crippen molar-refractivity contribution in [2.45, 2.75) is 17.7 Å². The molecule has 0 amide bonds. The maximum atomic E-state index is 11.5. The second-order valence-corrected chi connectivity index (χ2v) is 8.06. The Kier molecular flexibility index (Phi) is 3.56. The number of hydrogen-bond acceptors (Lipinski definition) is 4. The van der Waals surface area contributed by atoms with Gasteiger partial charge in [0.1, 0.15) is 5.75 Å². The van der Waals surface area contributed by atoms with Crippen LogP contribution in [-0.4, -0.2) is 20.5 Å². The number of sulfonamides is 1. The zero-order valence-corrected chi connectivity index (χ0v) is 14.6. The Morgan fingerprint density at radius 3 is 2.24 bits per heavy atom. The molecule has 1 fully saturated rings. The summed E-state index contributed by atoms with van der Waals surface area (Å²) in [6, 6.07) is 10.5. The first kappa shape index (κ1) is 16.1. The number of hydrogen-bond donors (Lipinski definition) is 1. The van der Waals surface area contributed by atoms with Crippen LogP contribution in [0.2, 0.25) is 0 Å². The average molecular weight is 354 g/mol. The van der Waals surface area contributed by atoms with E-state index in [1.807, 2.05) is 12.1 Å². The van der Waals surface area contributed by atoms with Crippen LogP contribution in [0.1, 0.15) is 24.1 Å². The van der Waals surface area contributed by atoms with E-state index in [2.05, 4.69) is 17.1 Å². The van der Waals surface area contributed by atoms with Gasteiger partial charge in [0.05, 0.1) is 23.9 Å². The Hall–Kier alpha value is -2.44. The smallest absolute Gasteiger partial charge is 0.238 e. The second-order valence-electron chi connectivity index (χ2n) is 6.50. The largest absolute Gasteiger partial charge is 0.495 e. The molecule has 2 aromatic rings. The summed E-state index contributed by atoms with van der Waals surface area (Å²) in [4.78, 5) is 4.62. The third kappa shape index (κ3) is 2.99. The fourth-order valence-corrected chi connectivity index (χ4v) is 3.66. The van der Waals surface area contributed by atoms with E-state index in [1.165, 1.54) is 0 Å². The number of nitrogens with zero attached hydrogens (tertiary/aromatic N) is 1. The lowest BCUT2D eigenvalue weighted by Gasteiger charge is -2.10.